The lowest BCUT2D eigenvalue weighted by Gasteiger charge is -2.30. The smallest absolute Gasteiger partial charge is 0.341 e. The number of rotatable bonds is 3. The fourth-order valence-electron chi connectivity index (χ4n) is 3.31. The lowest BCUT2D eigenvalue weighted by molar-refractivity contribution is 0.0695. The van der Waals surface area contributed by atoms with Crippen molar-refractivity contribution in [2.24, 2.45) is 0 Å². The minimum atomic E-state index is -1.28. The molecular weight excluding hydrogens is 316 g/mol. The van der Waals surface area contributed by atoms with E-state index in [9.17, 15) is 19.1 Å². The Kier molecular flexibility index (Phi) is 3.53. The first-order valence-electron chi connectivity index (χ1n) is 8.13. The van der Waals surface area contributed by atoms with E-state index in [1.165, 1.54) is 12.3 Å². The van der Waals surface area contributed by atoms with E-state index in [1.807, 2.05) is 9.47 Å². The second-order valence-electron chi connectivity index (χ2n) is 6.37. The Bertz CT molecular complexity index is 883. The quantitative estimate of drug-likeness (QED) is 0.834. The third kappa shape index (κ3) is 2.45. The van der Waals surface area contributed by atoms with Crippen LogP contribution in [0, 0.1) is 5.82 Å². The normalized spacial score (nSPS) is 18.1. The predicted octanol–water partition coefficient (Wildman–Crippen LogP) is 1.58. The molecule has 0 amide bonds. The zero-order valence-corrected chi connectivity index (χ0v) is 13.1. The molecule has 1 aromatic heterocycles. The second-order valence-corrected chi connectivity index (χ2v) is 6.37. The van der Waals surface area contributed by atoms with Crippen LogP contribution < -0.4 is 15.6 Å². The number of carbonyl (C=O) groups is 1. The molecule has 2 aromatic rings. The Morgan fingerprint density at radius 3 is 2.58 bits per heavy atom. The molecule has 2 fully saturated rings. The molecule has 4 rings (SSSR count). The van der Waals surface area contributed by atoms with Gasteiger partial charge in [-0.2, -0.15) is 0 Å². The molecule has 2 heterocycles. The fraction of sp³-hybridized carbons (Fsp3) is 0.412. The minimum absolute atomic E-state index is 0.137. The van der Waals surface area contributed by atoms with Crippen LogP contribution in [0.4, 0.5) is 10.1 Å². The van der Waals surface area contributed by atoms with Gasteiger partial charge in [0.25, 0.3) is 0 Å². The van der Waals surface area contributed by atoms with Crippen LogP contribution in [0.15, 0.2) is 23.1 Å². The number of piperazine rings is 1. The average Bonchev–Trinajstić information content (AvgIpc) is 3.40. The van der Waals surface area contributed by atoms with Gasteiger partial charge in [0, 0.05) is 43.8 Å². The lowest BCUT2D eigenvalue weighted by atomic mass is 10.1. The number of carboxylic acids is 1. The van der Waals surface area contributed by atoms with Gasteiger partial charge in [-0.05, 0) is 25.0 Å². The lowest BCUT2D eigenvalue weighted by Crippen LogP contribution is -2.43. The van der Waals surface area contributed by atoms with Crippen LogP contribution >= 0.6 is 0 Å². The van der Waals surface area contributed by atoms with E-state index in [0.29, 0.717) is 24.3 Å². The summed E-state index contributed by atoms with van der Waals surface area (Å²) in [6.07, 6.45) is 3.29. The largest absolute Gasteiger partial charge is 0.477 e. The van der Waals surface area contributed by atoms with Crippen LogP contribution in [-0.4, -0.2) is 41.8 Å². The molecule has 1 saturated carbocycles. The number of hydrogen-bond acceptors (Lipinski definition) is 4. The Balaban J connectivity index is 1.95. The Labute approximate surface area is 137 Å². The molecule has 0 spiro atoms. The molecular formula is C17H18FN3O3. The van der Waals surface area contributed by atoms with Crippen molar-refractivity contribution in [3.8, 4) is 0 Å². The van der Waals surface area contributed by atoms with Gasteiger partial charge in [-0.15, -0.1) is 0 Å². The molecule has 0 atom stereocenters. The van der Waals surface area contributed by atoms with Crippen molar-refractivity contribution in [2.45, 2.75) is 18.9 Å². The summed E-state index contributed by atoms with van der Waals surface area (Å²) in [5.41, 5.74) is 0.159. The number of aromatic nitrogens is 1. The summed E-state index contributed by atoms with van der Waals surface area (Å²) in [6, 6.07) is 3.08. The highest BCUT2D eigenvalue weighted by Crippen LogP contribution is 2.38. The van der Waals surface area contributed by atoms with Crippen molar-refractivity contribution in [1.29, 1.82) is 0 Å². The second kappa shape index (κ2) is 5.59. The summed E-state index contributed by atoms with van der Waals surface area (Å²) < 4.78 is 16.4. The van der Waals surface area contributed by atoms with E-state index >= 15 is 0 Å². The standard InChI is InChI=1S/C17H18FN3O3/c18-13-7-11-14(8-15(13)20-5-3-19-4-6-20)21(10-1-2-10)9-12(16(11)22)17(23)24/h7-10,19H,1-6H2,(H,23,24)/i9+1,12+1,17+1. The molecule has 24 heavy (non-hydrogen) atoms. The highest BCUT2D eigenvalue weighted by atomic mass is 19.1. The maximum Gasteiger partial charge on any atom is 0.341 e. The molecule has 2 N–H and O–H groups in total. The molecule has 1 aliphatic carbocycles. The first-order chi connectivity index (χ1) is 11.6. The summed E-state index contributed by atoms with van der Waals surface area (Å²) in [5.74, 6) is -1.76. The molecule has 126 valence electrons. The van der Waals surface area contributed by atoms with Crippen LogP contribution in [0.2, 0.25) is 0 Å². The molecule has 0 radical (unpaired) electrons. The number of carboxylic acid groups (broad SMARTS) is 1. The Morgan fingerprint density at radius 2 is 1.96 bits per heavy atom. The van der Waals surface area contributed by atoms with E-state index < -0.39 is 17.2 Å². The van der Waals surface area contributed by atoms with E-state index in [-0.39, 0.29) is 17.0 Å². The maximum absolute atomic E-state index is 14.6. The van der Waals surface area contributed by atoms with E-state index in [0.717, 1.165) is 25.9 Å². The number of nitrogens with one attached hydrogen (secondary N) is 1. The summed E-state index contributed by atoms with van der Waals surface area (Å²) in [7, 11) is 0. The highest BCUT2D eigenvalue weighted by Gasteiger charge is 2.28. The van der Waals surface area contributed by atoms with Crippen LogP contribution in [0.5, 0.6) is 0 Å². The number of anilines is 1. The van der Waals surface area contributed by atoms with Crippen LogP contribution in [0.3, 0.4) is 0 Å². The number of nitrogens with zero attached hydrogens (tertiary/aromatic N) is 2. The first-order valence-corrected chi connectivity index (χ1v) is 8.13. The number of hydrogen-bond donors (Lipinski definition) is 2. The van der Waals surface area contributed by atoms with Crippen molar-refractivity contribution in [1.82, 2.24) is 9.88 Å². The van der Waals surface area contributed by atoms with E-state index in [1.54, 1.807) is 6.07 Å². The summed E-state index contributed by atoms with van der Waals surface area (Å²) >= 11 is 0. The van der Waals surface area contributed by atoms with Crippen molar-refractivity contribution in [3.05, 3.63) is 39.9 Å². The van der Waals surface area contributed by atoms with Gasteiger partial charge in [0.15, 0.2) is 0 Å². The third-order valence-electron chi connectivity index (χ3n) is 4.73. The summed E-state index contributed by atoms with van der Waals surface area (Å²) in [6.45, 7) is 2.96. The predicted molar refractivity (Wildman–Crippen MR) is 88.5 cm³/mol. The third-order valence-corrected chi connectivity index (χ3v) is 4.73. The Morgan fingerprint density at radius 1 is 1.25 bits per heavy atom. The highest BCUT2D eigenvalue weighted by molar-refractivity contribution is 5.93. The number of benzene rings is 1. The van der Waals surface area contributed by atoms with Crippen LogP contribution in [-0.2, 0) is 0 Å². The van der Waals surface area contributed by atoms with Crippen molar-refractivity contribution >= 4 is 22.6 Å². The molecule has 1 aromatic carbocycles. The van der Waals surface area contributed by atoms with Gasteiger partial charge < -0.3 is 19.9 Å². The minimum Gasteiger partial charge on any atom is -0.477 e. The Hall–Kier alpha value is -2.41. The zero-order chi connectivity index (χ0) is 16.8. The molecule has 7 heteroatoms. The monoisotopic (exact) mass is 334 g/mol. The topological polar surface area (TPSA) is 74.6 Å². The number of pyridine rings is 1. The fourth-order valence-corrected chi connectivity index (χ4v) is 3.31. The van der Waals surface area contributed by atoms with Gasteiger partial charge in [0.2, 0.25) is 5.43 Å². The zero-order valence-electron chi connectivity index (χ0n) is 13.1. The van der Waals surface area contributed by atoms with Gasteiger partial charge in [-0.1, -0.05) is 0 Å². The molecule has 6 nitrogen and oxygen atoms in total. The first kappa shape index (κ1) is 15.1. The van der Waals surface area contributed by atoms with Gasteiger partial charge >= 0.3 is 5.97 Å². The summed E-state index contributed by atoms with van der Waals surface area (Å²) in [5, 5.41) is 12.6. The maximum atomic E-state index is 14.6. The SMILES string of the molecule is O=c1c2cc(F)c(N3CCNCC3)cc2n(C2CC2)[13cH][13c]1[13C](=O)O. The van der Waals surface area contributed by atoms with Crippen LogP contribution in [0.1, 0.15) is 29.2 Å². The molecule has 0 unspecified atom stereocenters. The van der Waals surface area contributed by atoms with Crippen LogP contribution in [0.25, 0.3) is 10.9 Å². The molecule has 1 aliphatic heterocycles. The number of fused-ring (bicyclic) bond motifs is 1. The molecule has 2 aliphatic rings. The van der Waals surface area contributed by atoms with Crippen molar-refractivity contribution in [3.63, 3.8) is 0 Å². The van der Waals surface area contributed by atoms with Crippen molar-refractivity contribution < 1.29 is 14.3 Å². The van der Waals surface area contributed by atoms with Crippen molar-refractivity contribution in [2.75, 3.05) is 31.1 Å². The molecule has 0 bridgehead atoms. The van der Waals surface area contributed by atoms with Gasteiger partial charge in [0.05, 0.1) is 11.2 Å². The number of aromatic carboxylic acids is 1. The van der Waals surface area contributed by atoms with Gasteiger partial charge in [-0.25, -0.2) is 9.18 Å². The van der Waals surface area contributed by atoms with E-state index in [4.69, 9.17) is 0 Å². The average molecular weight is 334 g/mol. The van der Waals surface area contributed by atoms with E-state index in [2.05, 4.69) is 5.32 Å². The summed E-state index contributed by atoms with van der Waals surface area (Å²) in [4.78, 5) is 25.7. The van der Waals surface area contributed by atoms with Gasteiger partial charge in [0.1, 0.15) is 11.4 Å². The van der Waals surface area contributed by atoms with Gasteiger partial charge in [-0.3, -0.25) is 4.79 Å². The molecule has 1 saturated heterocycles. The number of halogens is 1.